The van der Waals surface area contributed by atoms with Crippen LogP contribution in [-0.4, -0.2) is 42.9 Å². The van der Waals surface area contributed by atoms with Crippen LogP contribution in [0.1, 0.15) is 18.4 Å². The van der Waals surface area contributed by atoms with Crippen molar-refractivity contribution in [3.05, 3.63) is 63.2 Å². The molecule has 0 aliphatic carbocycles. The Bertz CT molecular complexity index is 1120. The zero-order valence-electron chi connectivity index (χ0n) is 15.7. The van der Waals surface area contributed by atoms with Crippen LogP contribution in [0.4, 0.5) is 16.2 Å². The van der Waals surface area contributed by atoms with Crippen molar-refractivity contribution in [2.75, 3.05) is 18.0 Å². The number of nitro groups is 1. The zero-order valence-corrected chi connectivity index (χ0v) is 17.3. The molecule has 2 heterocycles. The summed E-state index contributed by atoms with van der Waals surface area (Å²) in [5.74, 6) is 0. The molecule has 0 unspecified atom stereocenters. The average molecular weight is 452 g/mol. The lowest BCUT2D eigenvalue weighted by Gasteiger charge is -2.39. The van der Waals surface area contributed by atoms with Crippen molar-refractivity contribution in [1.29, 1.82) is 0 Å². The first kappa shape index (κ1) is 20.6. The number of hydrogen-bond donors (Lipinski definition) is 0. The van der Waals surface area contributed by atoms with Crippen molar-refractivity contribution in [2.24, 2.45) is 0 Å². The number of rotatable bonds is 4. The molecule has 158 valence electrons. The number of para-hydroxylation sites is 1. The number of nitrogens with zero attached hydrogens (tertiary/aromatic N) is 3. The van der Waals surface area contributed by atoms with Crippen molar-refractivity contribution in [3.63, 3.8) is 0 Å². The standard InChI is InChI=1S/C19H18ClN3O6S/c20-16-6-5-15(11-18(16)23(25)26)30(27,28)21-9-7-14(8-10-21)22-17-4-2-1-3-13(17)12-29-19(22)24/h1-6,11,14H,7-10,12H2. The van der Waals surface area contributed by atoms with Crippen molar-refractivity contribution in [2.45, 2.75) is 30.4 Å². The fourth-order valence-electron chi connectivity index (χ4n) is 3.80. The second kappa shape index (κ2) is 7.86. The van der Waals surface area contributed by atoms with Crippen LogP contribution >= 0.6 is 11.6 Å². The quantitative estimate of drug-likeness (QED) is 0.519. The topological polar surface area (TPSA) is 110 Å². The Morgan fingerprint density at radius 3 is 2.53 bits per heavy atom. The van der Waals surface area contributed by atoms with Gasteiger partial charge in [-0.3, -0.25) is 15.0 Å². The predicted molar refractivity (Wildman–Crippen MR) is 109 cm³/mol. The van der Waals surface area contributed by atoms with Gasteiger partial charge in [-0.25, -0.2) is 13.2 Å². The molecule has 0 aromatic heterocycles. The Kier molecular flexibility index (Phi) is 5.39. The highest BCUT2D eigenvalue weighted by Crippen LogP contribution is 2.34. The molecule has 11 heteroatoms. The summed E-state index contributed by atoms with van der Waals surface area (Å²) in [5.41, 5.74) is 1.23. The van der Waals surface area contributed by atoms with E-state index in [-0.39, 0.29) is 35.7 Å². The molecule has 2 aromatic carbocycles. The van der Waals surface area contributed by atoms with Gasteiger partial charge in [-0.2, -0.15) is 4.31 Å². The molecule has 30 heavy (non-hydrogen) atoms. The van der Waals surface area contributed by atoms with Crippen molar-refractivity contribution < 1.29 is 22.9 Å². The maximum absolute atomic E-state index is 13.0. The third-order valence-corrected chi connectivity index (χ3v) is 7.55. The van der Waals surface area contributed by atoms with Crippen LogP contribution in [0.3, 0.4) is 0 Å². The predicted octanol–water partition coefficient (Wildman–Crippen LogP) is 3.56. The van der Waals surface area contributed by atoms with Gasteiger partial charge >= 0.3 is 6.09 Å². The zero-order chi connectivity index (χ0) is 21.5. The Labute approximate surface area is 178 Å². The highest BCUT2D eigenvalue weighted by atomic mass is 35.5. The van der Waals surface area contributed by atoms with Gasteiger partial charge in [0.2, 0.25) is 10.0 Å². The lowest BCUT2D eigenvalue weighted by Crippen LogP contribution is -2.50. The number of hydrogen-bond acceptors (Lipinski definition) is 6. The van der Waals surface area contributed by atoms with Crippen LogP contribution in [0.2, 0.25) is 5.02 Å². The SMILES string of the molecule is O=C1OCc2ccccc2N1C1CCN(S(=O)(=O)c2ccc(Cl)c([N+](=O)[O-])c2)CC1. The first-order chi connectivity index (χ1) is 14.3. The summed E-state index contributed by atoms with van der Waals surface area (Å²) in [6.07, 6.45) is 0.389. The lowest BCUT2D eigenvalue weighted by molar-refractivity contribution is -0.384. The van der Waals surface area contributed by atoms with E-state index in [1.807, 2.05) is 24.3 Å². The van der Waals surface area contributed by atoms with Crippen LogP contribution in [-0.2, 0) is 21.4 Å². The Morgan fingerprint density at radius 2 is 1.83 bits per heavy atom. The first-order valence-electron chi connectivity index (χ1n) is 9.27. The van der Waals surface area contributed by atoms with Gasteiger partial charge in [-0.1, -0.05) is 29.8 Å². The molecule has 1 saturated heterocycles. The maximum atomic E-state index is 13.0. The van der Waals surface area contributed by atoms with Crippen LogP contribution < -0.4 is 4.90 Å². The van der Waals surface area contributed by atoms with Gasteiger partial charge in [0, 0.05) is 30.8 Å². The van der Waals surface area contributed by atoms with E-state index in [0.717, 1.165) is 17.3 Å². The summed E-state index contributed by atoms with van der Waals surface area (Å²) in [7, 11) is -3.93. The molecular weight excluding hydrogens is 434 g/mol. The van der Waals surface area contributed by atoms with E-state index in [0.29, 0.717) is 12.8 Å². The fourth-order valence-corrected chi connectivity index (χ4v) is 5.48. The number of benzene rings is 2. The molecular formula is C19H18ClN3O6S. The lowest BCUT2D eigenvalue weighted by atomic mass is 10.0. The highest BCUT2D eigenvalue weighted by Gasteiger charge is 2.37. The molecule has 4 rings (SSSR count). The van der Waals surface area contributed by atoms with Crippen LogP contribution in [0.25, 0.3) is 0 Å². The smallest absolute Gasteiger partial charge is 0.414 e. The molecule has 2 aromatic rings. The summed E-state index contributed by atoms with van der Waals surface area (Å²) in [6, 6.07) is 10.7. The molecule has 0 saturated carbocycles. The molecule has 0 atom stereocenters. The van der Waals surface area contributed by atoms with Gasteiger partial charge in [0.25, 0.3) is 5.69 Å². The molecule has 0 radical (unpaired) electrons. The molecule has 2 aliphatic heterocycles. The minimum atomic E-state index is -3.93. The second-order valence-corrected chi connectivity index (χ2v) is 9.40. The Balaban J connectivity index is 1.53. The fraction of sp³-hybridized carbons (Fsp3) is 0.316. The van der Waals surface area contributed by atoms with E-state index < -0.39 is 26.7 Å². The molecule has 0 spiro atoms. The van der Waals surface area contributed by atoms with Gasteiger partial charge < -0.3 is 4.74 Å². The maximum Gasteiger partial charge on any atom is 0.414 e. The normalized spacial score (nSPS) is 18.0. The summed E-state index contributed by atoms with van der Waals surface area (Å²) in [5, 5.41) is 11.0. The minimum absolute atomic E-state index is 0.125. The number of carbonyl (C=O) groups is 1. The number of carbonyl (C=O) groups excluding carboxylic acids is 1. The van der Waals surface area contributed by atoms with Gasteiger partial charge in [0.15, 0.2) is 0 Å². The molecule has 0 N–H and O–H groups in total. The monoisotopic (exact) mass is 451 g/mol. The van der Waals surface area contributed by atoms with Gasteiger partial charge in [-0.05, 0) is 31.0 Å². The summed E-state index contributed by atoms with van der Waals surface area (Å²) >= 11 is 5.79. The highest BCUT2D eigenvalue weighted by molar-refractivity contribution is 7.89. The summed E-state index contributed by atoms with van der Waals surface area (Å²) in [4.78, 5) is 24.2. The number of halogens is 1. The molecule has 9 nitrogen and oxygen atoms in total. The van der Waals surface area contributed by atoms with E-state index >= 15 is 0 Å². The number of ether oxygens (including phenoxy) is 1. The van der Waals surface area contributed by atoms with E-state index in [2.05, 4.69) is 0 Å². The number of nitro benzene ring substituents is 1. The Hall–Kier alpha value is -2.69. The number of sulfonamides is 1. The van der Waals surface area contributed by atoms with Crippen LogP contribution in [0.15, 0.2) is 47.4 Å². The number of piperidine rings is 1. The van der Waals surface area contributed by atoms with Crippen LogP contribution in [0.5, 0.6) is 0 Å². The third kappa shape index (κ3) is 3.62. The average Bonchev–Trinajstić information content (AvgIpc) is 2.74. The second-order valence-electron chi connectivity index (χ2n) is 7.06. The third-order valence-electron chi connectivity index (χ3n) is 5.34. The van der Waals surface area contributed by atoms with E-state index in [4.69, 9.17) is 16.3 Å². The summed E-state index contributed by atoms with van der Waals surface area (Å²) in [6.45, 7) is 0.568. The van der Waals surface area contributed by atoms with Crippen molar-refractivity contribution >= 4 is 39.1 Å². The van der Waals surface area contributed by atoms with Crippen LogP contribution in [0, 0.1) is 10.1 Å². The Morgan fingerprint density at radius 1 is 1.13 bits per heavy atom. The number of amides is 1. The molecule has 1 fully saturated rings. The number of cyclic esters (lactones) is 1. The van der Waals surface area contributed by atoms with Gasteiger partial charge in [0.1, 0.15) is 11.6 Å². The number of fused-ring (bicyclic) bond motifs is 1. The summed E-state index contributed by atoms with van der Waals surface area (Å²) < 4.78 is 32.5. The minimum Gasteiger partial charge on any atom is -0.444 e. The van der Waals surface area contributed by atoms with E-state index in [1.54, 1.807) is 4.90 Å². The number of anilines is 1. The van der Waals surface area contributed by atoms with E-state index in [1.165, 1.54) is 16.4 Å². The van der Waals surface area contributed by atoms with Crippen molar-refractivity contribution in [1.82, 2.24) is 4.31 Å². The first-order valence-corrected chi connectivity index (χ1v) is 11.1. The molecule has 0 bridgehead atoms. The van der Waals surface area contributed by atoms with Gasteiger partial charge in [-0.15, -0.1) is 0 Å². The molecule has 1 amide bonds. The largest absolute Gasteiger partial charge is 0.444 e. The van der Waals surface area contributed by atoms with Gasteiger partial charge in [0.05, 0.1) is 15.5 Å². The molecule has 2 aliphatic rings. The van der Waals surface area contributed by atoms with E-state index in [9.17, 15) is 23.3 Å². The van der Waals surface area contributed by atoms with Crippen molar-refractivity contribution in [3.8, 4) is 0 Å².